The van der Waals surface area contributed by atoms with E-state index in [9.17, 15) is 4.79 Å². The molecule has 0 fully saturated rings. The maximum absolute atomic E-state index is 12.7. The molecule has 1 aliphatic heterocycles. The molecular weight excluding hydrogens is 346 g/mol. The van der Waals surface area contributed by atoms with Gasteiger partial charge in [-0.1, -0.05) is 54.1 Å². The van der Waals surface area contributed by atoms with Crippen LogP contribution < -0.4 is 10.1 Å². The lowest BCUT2D eigenvalue weighted by Gasteiger charge is -2.27. The molecule has 0 spiro atoms. The quantitative estimate of drug-likeness (QED) is 0.689. The molecule has 3 aromatic carbocycles. The van der Waals surface area contributed by atoms with Crippen LogP contribution in [0.2, 0.25) is 5.02 Å². The Morgan fingerprint density at radius 1 is 0.962 bits per heavy atom. The summed E-state index contributed by atoms with van der Waals surface area (Å²) < 4.78 is 5.65. The van der Waals surface area contributed by atoms with Crippen molar-refractivity contribution in [1.29, 1.82) is 0 Å². The van der Waals surface area contributed by atoms with Crippen LogP contribution >= 0.6 is 11.6 Å². The molecule has 3 nitrogen and oxygen atoms in total. The number of amides is 1. The van der Waals surface area contributed by atoms with Gasteiger partial charge in [-0.25, -0.2) is 0 Å². The van der Waals surface area contributed by atoms with E-state index in [-0.39, 0.29) is 11.9 Å². The van der Waals surface area contributed by atoms with E-state index < -0.39 is 0 Å². The highest BCUT2D eigenvalue weighted by atomic mass is 35.5. The normalized spacial score (nSPS) is 15.7. The maximum Gasteiger partial charge on any atom is 0.251 e. The molecule has 0 saturated carbocycles. The first-order valence-corrected chi connectivity index (χ1v) is 8.97. The summed E-state index contributed by atoms with van der Waals surface area (Å²) in [4.78, 5) is 12.7. The lowest BCUT2D eigenvalue weighted by atomic mass is 9.99. The number of hydrogen-bond donors (Lipinski definition) is 1. The number of carbonyl (C=O) groups is 1. The van der Waals surface area contributed by atoms with Crippen molar-refractivity contribution >= 4 is 17.5 Å². The van der Waals surface area contributed by atoms with Gasteiger partial charge < -0.3 is 10.1 Å². The van der Waals surface area contributed by atoms with Gasteiger partial charge in [0, 0.05) is 22.6 Å². The molecule has 1 atom stereocenters. The van der Waals surface area contributed by atoms with Crippen LogP contribution in [0.25, 0.3) is 11.1 Å². The highest BCUT2D eigenvalue weighted by molar-refractivity contribution is 6.30. The zero-order valence-electron chi connectivity index (χ0n) is 14.1. The van der Waals surface area contributed by atoms with Gasteiger partial charge in [0.25, 0.3) is 5.91 Å². The predicted octanol–water partition coefficient (Wildman–Crippen LogP) is 5.26. The first-order valence-electron chi connectivity index (χ1n) is 8.59. The fraction of sp³-hybridized carbons (Fsp3) is 0.136. The first kappa shape index (κ1) is 16.7. The van der Waals surface area contributed by atoms with E-state index in [1.165, 1.54) is 0 Å². The summed E-state index contributed by atoms with van der Waals surface area (Å²) >= 11 is 6.10. The number of carbonyl (C=O) groups excluding carboxylic acids is 1. The minimum Gasteiger partial charge on any atom is -0.493 e. The van der Waals surface area contributed by atoms with Gasteiger partial charge >= 0.3 is 0 Å². The molecular formula is C22H18ClNO2. The Labute approximate surface area is 157 Å². The molecule has 26 heavy (non-hydrogen) atoms. The molecule has 1 amide bonds. The summed E-state index contributed by atoms with van der Waals surface area (Å²) in [7, 11) is 0. The van der Waals surface area contributed by atoms with Crippen LogP contribution in [0.15, 0.2) is 72.8 Å². The number of rotatable bonds is 3. The molecule has 1 N–H and O–H groups in total. The van der Waals surface area contributed by atoms with Gasteiger partial charge in [0.05, 0.1) is 12.6 Å². The summed E-state index contributed by atoms with van der Waals surface area (Å²) in [6, 6.07) is 23.2. The Morgan fingerprint density at radius 2 is 1.69 bits per heavy atom. The SMILES string of the molecule is O=C(NC1CCOc2ccc(Cl)cc21)c1ccc(-c2ccccc2)cc1. The lowest BCUT2D eigenvalue weighted by Crippen LogP contribution is -2.32. The van der Waals surface area contributed by atoms with Crippen molar-refractivity contribution in [1.82, 2.24) is 5.32 Å². The minimum atomic E-state index is -0.0984. The molecule has 0 saturated heterocycles. The number of nitrogens with one attached hydrogen (secondary N) is 1. The summed E-state index contributed by atoms with van der Waals surface area (Å²) in [5.74, 6) is 0.688. The predicted molar refractivity (Wildman–Crippen MR) is 104 cm³/mol. The Bertz CT molecular complexity index is 923. The largest absolute Gasteiger partial charge is 0.493 e. The third-order valence-electron chi connectivity index (χ3n) is 4.57. The molecule has 1 aliphatic rings. The Hall–Kier alpha value is -2.78. The van der Waals surface area contributed by atoms with Crippen molar-refractivity contribution in [3.63, 3.8) is 0 Å². The van der Waals surface area contributed by atoms with Crippen LogP contribution in [0.5, 0.6) is 5.75 Å². The Balaban J connectivity index is 1.52. The van der Waals surface area contributed by atoms with Gasteiger partial charge in [-0.15, -0.1) is 0 Å². The summed E-state index contributed by atoms with van der Waals surface area (Å²) in [6.07, 6.45) is 0.723. The number of halogens is 1. The van der Waals surface area contributed by atoms with Gasteiger partial charge in [-0.05, 0) is 41.5 Å². The van der Waals surface area contributed by atoms with E-state index in [4.69, 9.17) is 16.3 Å². The van der Waals surface area contributed by atoms with Gasteiger partial charge in [0.1, 0.15) is 5.75 Å². The molecule has 1 unspecified atom stereocenters. The van der Waals surface area contributed by atoms with Crippen molar-refractivity contribution in [2.24, 2.45) is 0 Å². The molecule has 4 rings (SSSR count). The van der Waals surface area contributed by atoms with Crippen molar-refractivity contribution in [2.45, 2.75) is 12.5 Å². The smallest absolute Gasteiger partial charge is 0.251 e. The summed E-state index contributed by atoms with van der Waals surface area (Å²) in [6.45, 7) is 0.576. The fourth-order valence-electron chi connectivity index (χ4n) is 3.20. The second kappa shape index (κ2) is 7.22. The zero-order valence-corrected chi connectivity index (χ0v) is 14.9. The molecule has 130 valence electrons. The maximum atomic E-state index is 12.7. The van der Waals surface area contributed by atoms with Gasteiger partial charge in [0.15, 0.2) is 0 Å². The molecule has 0 radical (unpaired) electrons. The molecule has 0 bridgehead atoms. The monoisotopic (exact) mass is 363 g/mol. The number of hydrogen-bond acceptors (Lipinski definition) is 2. The van der Waals surface area contributed by atoms with Gasteiger partial charge in [-0.2, -0.15) is 0 Å². The van der Waals surface area contributed by atoms with Crippen molar-refractivity contribution in [3.8, 4) is 16.9 Å². The fourth-order valence-corrected chi connectivity index (χ4v) is 3.38. The first-order chi connectivity index (χ1) is 12.7. The molecule has 3 aromatic rings. The lowest BCUT2D eigenvalue weighted by molar-refractivity contribution is 0.0925. The highest BCUT2D eigenvalue weighted by Gasteiger charge is 2.23. The highest BCUT2D eigenvalue weighted by Crippen LogP contribution is 2.34. The third kappa shape index (κ3) is 3.44. The summed E-state index contributed by atoms with van der Waals surface area (Å²) in [5.41, 5.74) is 3.79. The van der Waals surface area contributed by atoms with Gasteiger partial charge in [0.2, 0.25) is 0 Å². The van der Waals surface area contributed by atoms with Crippen LogP contribution in [-0.4, -0.2) is 12.5 Å². The van der Waals surface area contributed by atoms with E-state index in [1.807, 2.05) is 54.6 Å². The minimum absolute atomic E-state index is 0.0950. The number of ether oxygens (including phenoxy) is 1. The topological polar surface area (TPSA) is 38.3 Å². The molecule has 4 heteroatoms. The standard InChI is InChI=1S/C22H18ClNO2/c23-18-10-11-21-19(14-18)20(12-13-26-21)24-22(25)17-8-6-16(7-9-17)15-4-2-1-3-5-15/h1-11,14,20H,12-13H2,(H,24,25). The van der Waals surface area contributed by atoms with E-state index >= 15 is 0 Å². The van der Waals surface area contributed by atoms with Crippen LogP contribution in [0.1, 0.15) is 28.4 Å². The van der Waals surface area contributed by atoms with Crippen molar-refractivity contribution in [3.05, 3.63) is 88.9 Å². The van der Waals surface area contributed by atoms with Crippen molar-refractivity contribution < 1.29 is 9.53 Å². The second-order valence-electron chi connectivity index (χ2n) is 6.29. The third-order valence-corrected chi connectivity index (χ3v) is 4.81. The van der Waals surface area contributed by atoms with Crippen LogP contribution in [0.3, 0.4) is 0 Å². The van der Waals surface area contributed by atoms with Crippen LogP contribution in [0.4, 0.5) is 0 Å². The van der Waals surface area contributed by atoms with Crippen LogP contribution in [-0.2, 0) is 0 Å². The van der Waals surface area contributed by atoms with Gasteiger partial charge in [-0.3, -0.25) is 4.79 Å². The molecule has 0 aromatic heterocycles. The molecule has 1 heterocycles. The Morgan fingerprint density at radius 3 is 2.46 bits per heavy atom. The van der Waals surface area contributed by atoms with Crippen LogP contribution in [0, 0.1) is 0 Å². The Kier molecular flexibility index (Phi) is 4.63. The summed E-state index contributed by atoms with van der Waals surface area (Å²) in [5, 5.41) is 3.74. The van der Waals surface area contributed by atoms with E-state index in [1.54, 1.807) is 6.07 Å². The molecule has 0 aliphatic carbocycles. The van der Waals surface area contributed by atoms with Crippen molar-refractivity contribution in [2.75, 3.05) is 6.61 Å². The van der Waals surface area contributed by atoms with E-state index in [2.05, 4.69) is 17.4 Å². The zero-order chi connectivity index (χ0) is 17.9. The number of benzene rings is 3. The van der Waals surface area contributed by atoms with E-state index in [0.717, 1.165) is 28.9 Å². The number of fused-ring (bicyclic) bond motifs is 1. The van der Waals surface area contributed by atoms with E-state index in [0.29, 0.717) is 17.2 Å². The average molecular weight is 364 g/mol. The second-order valence-corrected chi connectivity index (χ2v) is 6.73. The average Bonchev–Trinajstić information content (AvgIpc) is 2.69.